The molecule has 3 unspecified atom stereocenters. The Morgan fingerprint density at radius 1 is 1.26 bits per heavy atom. The van der Waals surface area contributed by atoms with Gasteiger partial charge in [-0.05, 0) is 25.2 Å². The highest BCUT2D eigenvalue weighted by Crippen LogP contribution is 2.24. The SMILES string of the molecule is CCC(CC)C(CNC(=O)C1CCCC(N)C1)N1CCOCC1. The normalized spacial score (nSPS) is 27.8. The molecule has 2 aliphatic rings. The van der Waals surface area contributed by atoms with Gasteiger partial charge in [0.25, 0.3) is 0 Å². The number of carbonyl (C=O) groups is 1. The first-order valence-electron chi connectivity index (χ1n) is 9.50. The Morgan fingerprint density at radius 2 is 1.96 bits per heavy atom. The molecule has 3 N–H and O–H groups in total. The Morgan fingerprint density at radius 3 is 2.57 bits per heavy atom. The van der Waals surface area contributed by atoms with E-state index in [-0.39, 0.29) is 17.9 Å². The van der Waals surface area contributed by atoms with Crippen LogP contribution in [0.1, 0.15) is 52.4 Å². The van der Waals surface area contributed by atoms with Crippen LogP contribution in [-0.2, 0) is 9.53 Å². The smallest absolute Gasteiger partial charge is 0.223 e. The predicted octanol–water partition coefficient (Wildman–Crippen LogP) is 1.76. The maximum atomic E-state index is 12.5. The van der Waals surface area contributed by atoms with Crippen LogP contribution in [-0.4, -0.2) is 55.7 Å². The van der Waals surface area contributed by atoms with E-state index in [0.29, 0.717) is 12.0 Å². The fourth-order valence-corrected chi connectivity index (χ4v) is 4.15. The van der Waals surface area contributed by atoms with E-state index in [1.165, 1.54) is 0 Å². The summed E-state index contributed by atoms with van der Waals surface area (Å²) in [6.07, 6.45) is 6.30. The van der Waals surface area contributed by atoms with Gasteiger partial charge in [0, 0.05) is 37.6 Å². The van der Waals surface area contributed by atoms with Crippen LogP contribution >= 0.6 is 0 Å². The summed E-state index contributed by atoms with van der Waals surface area (Å²) in [5.41, 5.74) is 6.02. The molecular formula is C18H35N3O2. The molecule has 1 amide bonds. The fourth-order valence-electron chi connectivity index (χ4n) is 4.15. The zero-order chi connectivity index (χ0) is 16.7. The first-order chi connectivity index (χ1) is 11.2. The lowest BCUT2D eigenvalue weighted by molar-refractivity contribution is -0.126. The third-order valence-electron chi connectivity index (χ3n) is 5.68. The number of morpholine rings is 1. The van der Waals surface area contributed by atoms with Gasteiger partial charge in [-0.25, -0.2) is 0 Å². The molecule has 2 fully saturated rings. The van der Waals surface area contributed by atoms with E-state index in [1.54, 1.807) is 0 Å². The molecular weight excluding hydrogens is 290 g/mol. The first kappa shape index (κ1) is 18.7. The molecule has 0 aromatic heterocycles. The summed E-state index contributed by atoms with van der Waals surface area (Å²) in [6, 6.07) is 0.628. The number of hydrogen-bond donors (Lipinski definition) is 2. The van der Waals surface area contributed by atoms with E-state index in [1.807, 2.05) is 0 Å². The Labute approximate surface area is 141 Å². The molecule has 1 aliphatic heterocycles. The van der Waals surface area contributed by atoms with Crippen LogP contribution in [0.3, 0.4) is 0 Å². The summed E-state index contributed by atoms with van der Waals surface area (Å²) in [5.74, 6) is 0.956. The van der Waals surface area contributed by atoms with Crippen molar-refractivity contribution in [2.45, 2.75) is 64.5 Å². The minimum absolute atomic E-state index is 0.116. The van der Waals surface area contributed by atoms with Crippen molar-refractivity contribution < 1.29 is 9.53 Å². The van der Waals surface area contributed by atoms with E-state index in [9.17, 15) is 4.79 Å². The number of nitrogens with two attached hydrogens (primary N) is 1. The maximum absolute atomic E-state index is 12.5. The van der Waals surface area contributed by atoms with Crippen LogP contribution in [0.25, 0.3) is 0 Å². The molecule has 1 saturated carbocycles. The molecule has 1 aliphatic carbocycles. The monoisotopic (exact) mass is 325 g/mol. The van der Waals surface area contributed by atoms with Crippen molar-refractivity contribution in [2.24, 2.45) is 17.6 Å². The highest BCUT2D eigenvalue weighted by atomic mass is 16.5. The topological polar surface area (TPSA) is 67.6 Å². The summed E-state index contributed by atoms with van der Waals surface area (Å²) >= 11 is 0. The third-order valence-corrected chi connectivity index (χ3v) is 5.68. The van der Waals surface area contributed by atoms with Crippen LogP contribution in [0.5, 0.6) is 0 Å². The van der Waals surface area contributed by atoms with Crippen LogP contribution in [0.4, 0.5) is 0 Å². The quantitative estimate of drug-likeness (QED) is 0.748. The number of hydrogen-bond acceptors (Lipinski definition) is 4. The van der Waals surface area contributed by atoms with Gasteiger partial charge in [-0.3, -0.25) is 9.69 Å². The van der Waals surface area contributed by atoms with E-state index >= 15 is 0 Å². The Hall–Kier alpha value is -0.650. The zero-order valence-electron chi connectivity index (χ0n) is 14.9. The number of nitrogens with one attached hydrogen (secondary N) is 1. The number of amides is 1. The molecule has 1 saturated heterocycles. The van der Waals surface area contributed by atoms with Gasteiger partial charge < -0.3 is 15.8 Å². The lowest BCUT2D eigenvalue weighted by atomic mass is 9.85. The zero-order valence-corrected chi connectivity index (χ0v) is 14.9. The summed E-state index contributed by atoms with van der Waals surface area (Å²) in [6.45, 7) is 8.84. The molecule has 5 heteroatoms. The average molecular weight is 325 g/mol. The van der Waals surface area contributed by atoms with Gasteiger partial charge in [-0.15, -0.1) is 0 Å². The van der Waals surface area contributed by atoms with Crippen molar-refractivity contribution in [3.8, 4) is 0 Å². The highest BCUT2D eigenvalue weighted by molar-refractivity contribution is 5.78. The first-order valence-corrected chi connectivity index (χ1v) is 9.50. The second-order valence-corrected chi connectivity index (χ2v) is 7.16. The minimum atomic E-state index is 0.116. The average Bonchev–Trinajstić information content (AvgIpc) is 2.59. The molecule has 23 heavy (non-hydrogen) atoms. The van der Waals surface area contributed by atoms with Crippen molar-refractivity contribution in [1.29, 1.82) is 0 Å². The fraction of sp³-hybridized carbons (Fsp3) is 0.944. The van der Waals surface area contributed by atoms with Crippen molar-refractivity contribution in [2.75, 3.05) is 32.8 Å². The second-order valence-electron chi connectivity index (χ2n) is 7.16. The van der Waals surface area contributed by atoms with Gasteiger partial charge >= 0.3 is 0 Å². The largest absolute Gasteiger partial charge is 0.379 e. The minimum Gasteiger partial charge on any atom is -0.379 e. The van der Waals surface area contributed by atoms with Crippen LogP contribution < -0.4 is 11.1 Å². The molecule has 1 heterocycles. The standard InChI is InChI=1S/C18H35N3O2/c1-3-14(4-2)17(21-8-10-23-11-9-21)13-20-18(22)15-6-5-7-16(19)12-15/h14-17H,3-13,19H2,1-2H3,(H,20,22). The molecule has 0 radical (unpaired) electrons. The summed E-state index contributed by atoms with van der Waals surface area (Å²) < 4.78 is 5.49. The lowest BCUT2D eigenvalue weighted by Crippen LogP contribution is -2.52. The van der Waals surface area contributed by atoms with Crippen LogP contribution in [0, 0.1) is 11.8 Å². The molecule has 3 atom stereocenters. The predicted molar refractivity (Wildman–Crippen MR) is 93.2 cm³/mol. The summed E-state index contributed by atoms with van der Waals surface area (Å²) in [7, 11) is 0. The van der Waals surface area contributed by atoms with Gasteiger partial charge in [0.2, 0.25) is 5.91 Å². The molecule has 0 bridgehead atoms. The van der Waals surface area contributed by atoms with Crippen molar-refractivity contribution >= 4 is 5.91 Å². The van der Waals surface area contributed by atoms with Gasteiger partial charge in [0.15, 0.2) is 0 Å². The van der Waals surface area contributed by atoms with E-state index in [2.05, 4.69) is 24.1 Å². The summed E-state index contributed by atoms with van der Waals surface area (Å²) in [4.78, 5) is 15.0. The van der Waals surface area contributed by atoms with Gasteiger partial charge in [-0.1, -0.05) is 33.1 Å². The number of rotatable bonds is 7. The summed E-state index contributed by atoms with van der Waals surface area (Å²) in [5, 5.41) is 3.24. The number of carbonyl (C=O) groups excluding carboxylic acids is 1. The lowest BCUT2D eigenvalue weighted by Gasteiger charge is -2.39. The van der Waals surface area contributed by atoms with Gasteiger partial charge in [0.05, 0.1) is 13.2 Å². The number of nitrogens with zero attached hydrogens (tertiary/aromatic N) is 1. The maximum Gasteiger partial charge on any atom is 0.223 e. The Balaban J connectivity index is 1.89. The third kappa shape index (κ3) is 5.44. The Kier molecular flexibility index (Phi) is 7.80. The molecule has 134 valence electrons. The molecule has 0 aromatic rings. The number of ether oxygens (including phenoxy) is 1. The van der Waals surface area contributed by atoms with Gasteiger partial charge in [-0.2, -0.15) is 0 Å². The van der Waals surface area contributed by atoms with Crippen molar-refractivity contribution in [3.63, 3.8) is 0 Å². The second kappa shape index (κ2) is 9.60. The highest BCUT2D eigenvalue weighted by Gasteiger charge is 2.29. The molecule has 0 aromatic carbocycles. The van der Waals surface area contributed by atoms with Crippen molar-refractivity contribution in [1.82, 2.24) is 10.2 Å². The van der Waals surface area contributed by atoms with Crippen LogP contribution in [0.15, 0.2) is 0 Å². The molecule has 0 spiro atoms. The Bertz CT molecular complexity index is 354. The molecule has 5 nitrogen and oxygen atoms in total. The van der Waals surface area contributed by atoms with E-state index < -0.39 is 0 Å². The van der Waals surface area contributed by atoms with Gasteiger partial charge in [0.1, 0.15) is 0 Å². The van der Waals surface area contributed by atoms with E-state index in [4.69, 9.17) is 10.5 Å². The molecule has 2 rings (SSSR count). The van der Waals surface area contributed by atoms with E-state index in [0.717, 1.165) is 71.4 Å². The van der Waals surface area contributed by atoms with Crippen LogP contribution in [0.2, 0.25) is 0 Å². The van der Waals surface area contributed by atoms with Crippen molar-refractivity contribution in [3.05, 3.63) is 0 Å².